The van der Waals surface area contributed by atoms with Crippen molar-refractivity contribution in [3.63, 3.8) is 0 Å². The number of hydrazine groups is 1. The fraction of sp³-hybridized carbons (Fsp3) is 0.500. The van der Waals surface area contributed by atoms with Gasteiger partial charge in [0.15, 0.2) is 0 Å². The van der Waals surface area contributed by atoms with Crippen LogP contribution >= 0.6 is 23.5 Å². The van der Waals surface area contributed by atoms with Gasteiger partial charge in [-0.05, 0) is 103 Å². The predicted molar refractivity (Wildman–Crippen MR) is 139 cm³/mol. The third-order valence-electron chi connectivity index (χ3n) is 6.14. The Hall–Kier alpha value is -1.91. The van der Waals surface area contributed by atoms with Crippen LogP contribution in [0.5, 0.6) is 5.75 Å². The second-order valence-electron chi connectivity index (χ2n) is 8.87. The first-order valence-corrected chi connectivity index (χ1v) is 13.7. The van der Waals surface area contributed by atoms with Crippen LogP contribution in [0.3, 0.4) is 0 Å². The Morgan fingerprint density at radius 2 is 1.92 bits per heavy atom. The highest BCUT2D eigenvalue weighted by Crippen LogP contribution is 2.45. The van der Waals surface area contributed by atoms with Gasteiger partial charge in [0.1, 0.15) is 17.4 Å². The lowest BCUT2D eigenvalue weighted by molar-refractivity contribution is -0.0246. The van der Waals surface area contributed by atoms with E-state index in [-0.39, 0.29) is 11.4 Å². The van der Waals surface area contributed by atoms with Crippen LogP contribution in [0.4, 0.5) is 8.78 Å². The maximum atomic E-state index is 14.5. The molecule has 36 heavy (non-hydrogen) atoms. The van der Waals surface area contributed by atoms with Crippen LogP contribution in [0.2, 0.25) is 5.02 Å². The second-order valence-corrected chi connectivity index (χ2v) is 10.5. The van der Waals surface area contributed by atoms with Crippen LogP contribution in [-0.2, 0) is 6.42 Å². The zero-order valence-corrected chi connectivity index (χ0v) is 22.2. The summed E-state index contributed by atoms with van der Waals surface area (Å²) in [5.41, 5.74) is 4.06. The van der Waals surface area contributed by atoms with Gasteiger partial charge in [-0.15, -0.1) is 0 Å². The molecule has 10 heteroatoms. The van der Waals surface area contributed by atoms with Gasteiger partial charge < -0.3 is 10.1 Å². The SMILES string of the molecule is CCSN(O)NC(=O)c1cc(C2CC2)c(OCC2CCNCC2)cc1F.CCc1ccc(F)cc1Cl. The molecule has 0 aromatic heterocycles. The number of amides is 1. The number of benzene rings is 2. The monoisotopic (exact) mass is 541 g/mol. The number of carbonyl (C=O) groups excluding carboxylic acids is 1. The Labute approximate surface area is 220 Å². The Morgan fingerprint density at radius 3 is 2.53 bits per heavy atom. The van der Waals surface area contributed by atoms with Crippen molar-refractivity contribution in [1.82, 2.24) is 15.3 Å². The number of ether oxygens (including phenoxy) is 1. The summed E-state index contributed by atoms with van der Waals surface area (Å²) < 4.78 is 33.5. The average Bonchev–Trinajstić information content (AvgIpc) is 3.69. The van der Waals surface area contributed by atoms with Crippen molar-refractivity contribution in [3.05, 3.63) is 63.7 Å². The average molecular weight is 542 g/mol. The fourth-order valence-corrected chi connectivity index (χ4v) is 4.64. The van der Waals surface area contributed by atoms with Crippen LogP contribution in [0.1, 0.15) is 66.9 Å². The number of nitrogens with one attached hydrogen (secondary N) is 2. The fourth-order valence-electron chi connectivity index (χ4n) is 3.95. The molecule has 0 radical (unpaired) electrons. The molecule has 1 saturated heterocycles. The molecule has 2 fully saturated rings. The molecule has 1 saturated carbocycles. The van der Waals surface area contributed by atoms with E-state index < -0.39 is 11.7 Å². The summed E-state index contributed by atoms with van der Waals surface area (Å²) in [6.45, 7) is 6.37. The quantitative estimate of drug-likeness (QED) is 0.262. The van der Waals surface area contributed by atoms with E-state index in [2.05, 4.69) is 10.7 Å². The van der Waals surface area contributed by atoms with Gasteiger partial charge in [0.25, 0.3) is 5.91 Å². The minimum absolute atomic E-state index is 0.0723. The lowest BCUT2D eigenvalue weighted by Crippen LogP contribution is -2.35. The van der Waals surface area contributed by atoms with Gasteiger partial charge >= 0.3 is 0 Å². The van der Waals surface area contributed by atoms with Crippen LogP contribution in [0, 0.1) is 17.6 Å². The highest BCUT2D eigenvalue weighted by molar-refractivity contribution is 7.96. The van der Waals surface area contributed by atoms with Gasteiger partial charge in [-0.2, -0.15) is 0 Å². The van der Waals surface area contributed by atoms with E-state index in [1.165, 1.54) is 18.2 Å². The van der Waals surface area contributed by atoms with Crippen molar-refractivity contribution >= 4 is 29.5 Å². The van der Waals surface area contributed by atoms with Crippen molar-refractivity contribution in [1.29, 1.82) is 0 Å². The molecule has 0 bridgehead atoms. The summed E-state index contributed by atoms with van der Waals surface area (Å²) in [5.74, 6) is 0.338. The first-order chi connectivity index (χ1) is 17.3. The zero-order valence-electron chi connectivity index (χ0n) is 20.7. The van der Waals surface area contributed by atoms with Gasteiger partial charge in [-0.3, -0.25) is 15.4 Å². The number of piperidine rings is 1. The van der Waals surface area contributed by atoms with E-state index in [0.29, 0.717) is 39.5 Å². The third-order valence-corrected chi connectivity index (χ3v) is 7.09. The molecule has 1 heterocycles. The van der Waals surface area contributed by atoms with E-state index in [4.69, 9.17) is 16.3 Å². The van der Waals surface area contributed by atoms with E-state index in [1.807, 2.05) is 13.8 Å². The molecule has 198 valence electrons. The molecule has 0 unspecified atom stereocenters. The number of rotatable bonds is 9. The summed E-state index contributed by atoms with van der Waals surface area (Å²) in [5, 5.41) is 13.4. The number of carbonyl (C=O) groups is 1. The molecule has 3 N–H and O–H groups in total. The summed E-state index contributed by atoms with van der Waals surface area (Å²) in [6.07, 6.45) is 5.01. The summed E-state index contributed by atoms with van der Waals surface area (Å²) in [6, 6.07) is 7.35. The van der Waals surface area contributed by atoms with Crippen LogP contribution < -0.4 is 15.5 Å². The van der Waals surface area contributed by atoms with Gasteiger partial charge in [0.2, 0.25) is 0 Å². The topological polar surface area (TPSA) is 73.8 Å². The second kappa shape index (κ2) is 14.1. The molecular weight excluding hydrogens is 508 g/mol. The minimum atomic E-state index is -0.669. The lowest BCUT2D eigenvalue weighted by atomic mass is 9.99. The molecule has 2 aromatic carbocycles. The molecule has 2 aliphatic rings. The molecule has 1 aliphatic carbocycles. The largest absolute Gasteiger partial charge is 0.493 e. The van der Waals surface area contributed by atoms with Crippen molar-refractivity contribution in [2.75, 3.05) is 25.4 Å². The first kappa shape index (κ1) is 28.7. The minimum Gasteiger partial charge on any atom is -0.493 e. The van der Waals surface area contributed by atoms with Crippen molar-refractivity contribution in [3.8, 4) is 5.75 Å². The van der Waals surface area contributed by atoms with E-state index in [1.54, 1.807) is 12.1 Å². The maximum absolute atomic E-state index is 14.5. The summed E-state index contributed by atoms with van der Waals surface area (Å²) in [7, 11) is 0. The number of aryl methyl sites for hydroxylation is 1. The Kier molecular flexibility index (Phi) is 11.3. The predicted octanol–water partition coefficient (Wildman–Crippen LogP) is 6.13. The maximum Gasteiger partial charge on any atom is 0.271 e. The van der Waals surface area contributed by atoms with E-state index in [9.17, 15) is 18.8 Å². The molecule has 6 nitrogen and oxygen atoms in total. The highest BCUT2D eigenvalue weighted by Gasteiger charge is 2.30. The first-order valence-electron chi connectivity index (χ1n) is 12.4. The van der Waals surface area contributed by atoms with Gasteiger partial charge in [0, 0.05) is 16.8 Å². The Balaban J connectivity index is 0.000000303. The molecule has 2 aromatic rings. The Bertz CT molecular complexity index is 1020. The van der Waals surface area contributed by atoms with Crippen LogP contribution in [-0.4, -0.2) is 41.1 Å². The molecule has 4 rings (SSSR count). The summed E-state index contributed by atoms with van der Waals surface area (Å²) >= 11 is 6.70. The number of halogens is 3. The standard InChI is InChI=1S/C18H26FN3O3S.C8H8ClF/c1-2-26-22(24)21-18(23)15-9-14(13-3-4-13)17(10-16(15)19)25-11-12-5-7-20-8-6-12;1-2-6-3-4-7(10)5-8(6)9/h9-10,12-13,20,24H,2-8,11H2,1H3,(H,21,23);3-5H,2H2,1H3. The number of nitrogens with zero attached hydrogens (tertiary/aromatic N) is 1. The van der Waals surface area contributed by atoms with Crippen molar-refractivity contribution < 1.29 is 23.5 Å². The van der Waals surface area contributed by atoms with E-state index >= 15 is 0 Å². The van der Waals surface area contributed by atoms with Crippen molar-refractivity contribution in [2.45, 2.75) is 51.9 Å². The lowest BCUT2D eigenvalue weighted by Gasteiger charge is -2.23. The molecule has 1 aliphatic heterocycles. The Morgan fingerprint density at radius 1 is 1.19 bits per heavy atom. The zero-order chi connectivity index (χ0) is 26.1. The third kappa shape index (κ3) is 8.59. The number of hydrogen-bond acceptors (Lipinski definition) is 6. The molecule has 0 spiro atoms. The smallest absolute Gasteiger partial charge is 0.271 e. The number of hydrogen-bond donors (Lipinski definition) is 3. The van der Waals surface area contributed by atoms with Crippen LogP contribution in [0.15, 0.2) is 30.3 Å². The van der Waals surface area contributed by atoms with Crippen LogP contribution in [0.25, 0.3) is 0 Å². The molecular formula is C26H34ClF2N3O3S. The van der Waals surface area contributed by atoms with Gasteiger partial charge in [-0.1, -0.05) is 31.5 Å². The molecule has 1 amide bonds. The van der Waals surface area contributed by atoms with Gasteiger partial charge in [-0.25, -0.2) is 8.78 Å². The normalized spacial score (nSPS) is 15.9. The summed E-state index contributed by atoms with van der Waals surface area (Å²) in [4.78, 5) is 12.2. The van der Waals surface area contributed by atoms with Gasteiger partial charge in [0.05, 0.1) is 12.2 Å². The van der Waals surface area contributed by atoms with Crippen molar-refractivity contribution in [2.24, 2.45) is 5.92 Å². The highest BCUT2D eigenvalue weighted by atomic mass is 35.5. The molecule has 0 atom stereocenters. The van der Waals surface area contributed by atoms with E-state index in [0.717, 1.165) is 68.3 Å².